The Bertz CT molecular complexity index is 619. The monoisotopic (exact) mass is 364 g/mol. The molecule has 0 aliphatic carbocycles. The van der Waals surface area contributed by atoms with Gasteiger partial charge in [-0.3, -0.25) is 9.67 Å². The molecule has 26 heavy (non-hydrogen) atoms. The minimum absolute atomic E-state index is 0.374. The summed E-state index contributed by atoms with van der Waals surface area (Å²) in [6.07, 6.45) is 5.57. The number of nitrogens with one attached hydrogen (secondary N) is 2. The van der Waals surface area contributed by atoms with E-state index >= 15 is 0 Å². The van der Waals surface area contributed by atoms with Crippen LogP contribution >= 0.6 is 0 Å². The largest absolute Gasteiger partial charge is 0.444 e. The smallest absolute Gasteiger partial charge is 0.407 e. The Labute approximate surface area is 156 Å². The molecule has 1 amide bonds. The number of carbonyl (C=O) groups is 1. The Morgan fingerprint density at radius 2 is 2.12 bits per heavy atom. The molecule has 2 N–H and O–H groups in total. The fourth-order valence-electron chi connectivity index (χ4n) is 3.00. The molecule has 8 heteroatoms. The molecule has 0 spiro atoms. The van der Waals surface area contributed by atoms with Crippen molar-refractivity contribution in [1.82, 2.24) is 25.3 Å². The summed E-state index contributed by atoms with van der Waals surface area (Å²) in [4.78, 5) is 18.3. The summed E-state index contributed by atoms with van der Waals surface area (Å²) in [5.41, 5.74) is 0.817. The highest BCUT2D eigenvalue weighted by Gasteiger charge is 2.26. The van der Waals surface area contributed by atoms with Gasteiger partial charge in [-0.15, -0.1) is 0 Å². The summed E-state index contributed by atoms with van der Waals surface area (Å²) in [6, 6.07) is 0. The number of aryl methyl sites for hydroxylation is 1. The predicted octanol–water partition coefficient (Wildman–Crippen LogP) is 1.70. The van der Waals surface area contributed by atoms with E-state index in [1.165, 1.54) is 5.56 Å². The molecule has 1 aliphatic heterocycles. The van der Waals surface area contributed by atoms with E-state index in [0.29, 0.717) is 12.5 Å². The van der Waals surface area contributed by atoms with E-state index < -0.39 is 5.60 Å². The SMILES string of the molecule is CN=C(NCCCNC(=O)OC(C)(C)C)N1CCC(c2cnn(C)c2)C1. The maximum Gasteiger partial charge on any atom is 0.407 e. The van der Waals surface area contributed by atoms with Gasteiger partial charge >= 0.3 is 6.09 Å². The lowest BCUT2D eigenvalue weighted by Gasteiger charge is -2.22. The van der Waals surface area contributed by atoms with Crippen LogP contribution in [0.1, 0.15) is 45.1 Å². The first-order chi connectivity index (χ1) is 12.3. The highest BCUT2D eigenvalue weighted by molar-refractivity contribution is 5.80. The summed E-state index contributed by atoms with van der Waals surface area (Å²) < 4.78 is 7.06. The first-order valence-electron chi connectivity index (χ1n) is 9.19. The third-order valence-corrected chi connectivity index (χ3v) is 4.20. The number of aromatic nitrogens is 2. The number of alkyl carbamates (subject to hydrolysis) is 1. The Kier molecular flexibility index (Phi) is 6.88. The third kappa shape index (κ3) is 6.24. The maximum atomic E-state index is 11.6. The van der Waals surface area contributed by atoms with Gasteiger partial charge in [0.25, 0.3) is 0 Å². The van der Waals surface area contributed by atoms with Gasteiger partial charge in [0.2, 0.25) is 0 Å². The predicted molar refractivity (Wildman–Crippen MR) is 102 cm³/mol. The maximum absolute atomic E-state index is 11.6. The zero-order chi connectivity index (χ0) is 19.2. The van der Waals surface area contributed by atoms with Crippen molar-refractivity contribution in [3.8, 4) is 0 Å². The Hall–Kier alpha value is -2.25. The average Bonchev–Trinajstić information content (AvgIpc) is 3.18. The zero-order valence-corrected chi connectivity index (χ0v) is 16.6. The van der Waals surface area contributed by atoms with Gasteiger partial charge < -0.3 is 20.3 Å². The Morgan fingerprint density at radius 1 is 1.38 bits per heavy atom. The minimum atomic E-state index is -0.467. The molecule has 0 aromatic carbocycles. The summed E-state index contributed by atoms with van der Waals surface area (Å²) in [5.74, 6) is 1.41. The number of hydrogen-bond donors (Lipinski definition) is 2. The number of rotatable bonds is 5. The molecule has 0 bridgehead atoms. The minimum Gasteiger partial charge on any atom is -0.444 e. The summed E-state index contributed by atoms with van der Waals surface area (Å²) in [5, 5.41) is 10.4. The lowest BCUT2D eigenvalue weighted by Crippen LogP contribution is -2.41. The fraction of sp³-hybridized carbons (Fsp3) is 0.722. The average molecular weight is 364 g/mol. The van der Waals surface area contributed by atoms with E-state index in [-0.39, 0.29) is 6.09 Å². The van der Waals surface area contributed by atoms with E-state index in [4.69, 9.17) is 4.74 Å². The van der Waals surface area contributed by atoms with Crippen LogP contribution in [0.4, 0.5) is 4.79 Å². The number of ether oxygens (including phenoxy) is 1. The van der Waals surface area contributed by atoms with Crippen molar-refractivity contribution in [3.05, 3.63) is 18.0 Å². The van der Waals surface area contributed by atoms with Gasteiger partial charge in [-0.25, -0.2) is 4.79 Å². The van der Waals surface area contributed by atoms with Crippen LogP contribution < -0.4 is 10.6 Å². The molecular formula is C18H32N6O2. The third-order valence-electron chi connectivity index (χ3n) is 4.20. The molecule has 146 valence electrons. The van der Waals surface area contributed by atoms with Crippen LogP contribution in [0.2, 0.25) is 0 Å². The Balaban J connectivity index is 1.68. The summed E-state index contributed by atoms with van der Waals surface area (Å²) in [7, 11) is 3.75. The van der Waals surface area contributed by atoms with Crippen molar-refractivity contribution in [2.45, 2.75) is 45.1 Å². The van der Waals surface area contributed by atoms with Gasteiger partial charge in [0.05, 0.1) is 6.20 Å². The number of nitrogens with zero attached hydrogens (tertiary/aromatic N) is 4. The van der Waals surface area contributed by atoms with E-state index in [9.17, 15) is 4.79 Å². The molecule has 0 radical (unpaired) electrons. The topological polar surface area (TPSA) is 83.8 Å². The van der Waals surface area contributed by atoms with Crippen LogP contribution in [-0.4, -0.2) is 65.6 Å². The molecular weight excluding hydrogens is 332 g/mol. The van der Waals surface area contributed by atoms with E-state index in [0.717, 1.165) is 38.4 Å². The highest BCUT2D eigenvalue weighted by atomic mass is 16.6. The zero-order valence-electron chi connectivity index (χ0n) is 16.6. The second-order valence-corrected chi connectivity index (χ2v) is 7.64. The van der Waals surface area contributed by atoms with Crippen LogP contribution in [0.15, 0.2) is 17.4 Å². The lowest BCUT2D eigenvalue weighted by atomic mass is 10.0. The van der Waals surface area contributed by atoms with Crippen LogP contribution in [0.3, 0.4) is 0 Å². The van der Waals surface area contributed by atoms with Crippen LogP contribution in [-0.2, 0) is 11.8 Å². The summed E-state index contributed by atoms with van der Waals surface area (Å²) >= 11 is 0. The van der Waals surface area contributed by atoms with E-state index in [1.807, 2.05) is 38.7 Å². The molecule has 1 saturated heterocycles. The lowest BCUT2D eigenvalue weighted by molar-refractivity contribution is 0.0527. The van der Waals surface area contributed by atoms with Gasteiger partial charge in [0.15, 0.2) is 5.96 Å². The van der Waals surface area contributed by atoms with Crippen molar-refractivity contribution in [2.24, 2.45) is 12.0 Å². The molecule has 1 fully saturated rings. The van der Waals surface area contributed by atoms with Crippen LogP contribution in [0, 0.1) is 0 Å². The molecule has 1 aliphatic rings. The van der Waals surface area contributed by atoms with Crippen molar-refractivity contribution in [1.29, 1.82) is 0 Å². The Morgan fingerprint density at radius 3 is 2.73 bits per heavy atom. The van der Waals surface area contributed by atoms with Gasteiger partial charge in [-0.1, -0.05) is 0 Å². The van der Waals surface area contributed by atoms with Crippen LogP contribution in [0.5, 0.6) is 0 Å². The second-order valence-electron chi connectivity index (χ2n) is 7.64. The van der Waals surface area contributed by atoms with Gasteiger partial charge in [0.1, 0.15) is 5.60 Å². The number of carbonyl (C=O) groups excluding carboxylic acids is 1. The molecule has 8 nitrogen and oxygen atoms in total. The van der Waals surface area contributed by atoms with Crippen molar-refractivity contribution in [3.63, 3.8) is 0 Å². The number of amides is 1. The van der Waals surface area contributed by atoms with E-state index in [2.05, 4.69) is 31.8 Å². The molecule has 2 heterocycles. The number of aliphatic imine (C=N–C) groups is 1. The van der Waals surface area contributed by atoms with Crippen molar-refractivity contribution in [2.75, 3.05) is 33.2 Å². The fourth-order valence-corrected chi connectivity index (χ4v) is 3.00. The molecule has 2 rings (SSSR count). The number of hydrogen-bond acceptors (Lipinski definition) is 4. The van der Waals surface area contributed by atoms with Crippen molar-refractivity contribution >= 4 is 12.1 Å². The van der Waals surface area contributed by atoms with Crippen molar-refractivity contribution < 1.29 is 9.53 Å². The first-order valence-corrected chi connectivity index (χ1v) is 9.19. The van der Waals surface area contributed by atoms with Crippen LogP contribution in [0.25, 0.3) is 0 Å². The highest BCUT2D eigenvalue weighted by Crippen LogP contribution is 2.26. The molecule has 0 saturated carbocycles. The molecule has 1 aromatic rings. The molecule has 1 unspecified atom stereocenters. The standard InChI is InChI=1S/C18H32N6O2/c1-18(2,3)26-17(25)21-9-6-8-20-16(19-4)24-10-7-14(13-24)15-11-22-23(5)12-15/h11-12,14H,6-10,13H2,1-5H3,(H,19,20)(H,21,25). The summed E-state index contributed by atoms with van der Waals surface area (Å²) in [6.45, 7) is 8.80. The normalized spacial score (nSPS) is 18.1. The van der Waals surface area contributed by atoms with Gasteiger partial charge in [0, 0.05) is 52.4 Å². The molecule has 1 atom stereocenters. The quantitative estimate of drug-likeness (QED) is 0.472. The van der Waals surface area contributed by atoms with Gasteiger partial charge in [-0.2, -0.15) is 5.10 Å². The number of likely N-dealkylation sites (tertiary alicyclic amines) is 1. The second kappa shape index (κ2) is 8.91. The number of guanidine groups is 1. The molecule has 1 aromatic heterocycles. The van der Waals surface area contributed by atoms with E-state index in [1.54, 1.807) is 7.05 Å². The first kappa shape index (κ1) is 20.1. The van der Waals surface area contributed by atoms with Gasteiger partial charge in [-0.05, 0) is 39.2 Å².